The standard InChI is InChI=1S/C12H14BrNO5S/c13-11-4-3-9(20(14,16)17)6-10(11)12(15)19-7-8-2-1-5-18-8/h3-4,6,8H,1-2,5,7H2,(H2,14,16,17). The van der Waals surface area contributed by atoms with E-state index in [1.807, 2.05) is 0 Å². The van der Waals surface area contributed by atoms with Gasteiger partial charge in [0.2, 0.25) is 10.0 Å². The van der Waals surface area contributed by atoms with E-state index in [2.05, 4.69) is 15.9 Å². The van der Waals surface area contributed by atoms with Crippen molar-refractivity contribution in [3.8, 4) is 0 Å². The molecule has 8 heteroatoms. The Bertz CT molecular complexity index is 610. The van der Waals surface area contributed by atoms with Gasteiger partial charge in [-0.3, -0.25) is 0 Å². The Morgan fingerprint density at radius 1 is 1.50 bits per heavy atom. The SMILES string of the molecule is NS(=O)(=O)c1ccc(Br)c(C(=O)OCC2CCCO2)c1. The molecule has 0 amide bonds. The molecule has 2 N–H and O–H groups in total. The van der Waals surface area contributed by atoms with E-state index in [1.165, 1.54) is 18.2 Å². The second kappa shape index (κ2) is 6.21. The number of benzene rings is 1. The fourth-order valence-corrected chi connectivity index (χ4v) is 2.81. The second-order valence-corrected chi connectivity index (χ2v) is 6.84. The van der Waals surface area contributed by atoms with Crippen LogP contribution in [0.15, 0.2) is 27.6 Å². The van der Waals surface area contributed by atoms with Crippen LogP contribution in [0.25, 0.3) is 0 Å². The number of ether oxygens (including phenoxy) is 2. The summed E-state index contributed by atoms with van der Waals surface area (Å²) >= 11 is 3.18. The number of nitrogens with two attached hydrogens (primary N) is 1. The Hall–Kier alpha value is -0.960. The minimum atomic E-state index is -3.86. The van der Waals surface area contributed by atoms with Crippen LogP contribution in [0.1, 0.15) is 23.2 Å². The topological polar surface area (TPSA) is 95.7 Å². The van der Waals surface area contributed by atoms with Crippen molar-refractivity contribution in [2.24, 2.45) is 5.14 Å². The predicted octanol–water partition coefficient (Wildman–Crippen LogP) is 1.43. The minimum absolute atomic E-state index is 0.0841. The molecule has 0 aliphatic carbocycles. The smallest absolute Gasteiger partial charge is 0.339 e. The van der Waals surface area contributed by atoms with Gasteiger partial charge < -0.3 is 9.47 Å². The average molecular weight is 364 g/mol. The number of hydrogen-bond donors (Lipinski definition) is 1. The lowest BCUT2D eigenvalue weighted by molar-refractivity contribution is 0.0160. The molecule has 1 aromatic rings. The molecule has 110 valence electrons. The quantitative estimate of drug-likeness (QED) is 0.816. The number of rotatable bonds is 4. The van der Waals surface area contributed by atoms with E-state index < -0.39 is 16.0 Å². The van der Waals surface area contributed by atoms with Crippen LogP contribution >= 0.6 is 15.9 Å². The van der Waals surface area contributed by atoms with Crippen LogP contribution in [0.4, 0.5) is 0 Å². The van der Waals surface area contributed by atoms with Gasteiger partial charge in [-0.05, 0) is 47.0 Å². The summed E-state index contributed by atoms with van der Waals surface area (Å²) in [6.07, 6.45) is 1.72. The zero-order valence-corrected chi connectivity index (χ0v) is 12.9. The van der Waals surface area contributed by atoms with Crippen molar-refractivity contribution >= 4 is 31.9 Å². The van der Waals surface area contributed by atoms with Gasteiger partial charge in [0, 0.05) is 11.1 Å². The Morgan fingerprint density at radius 3 is 2.85 bits per heavy atom. The zero-order valence-electron chi connectivity index (χ0n) is 10.5. The molecule has 20 heavy (non-hydrogen) atoms. The van der Waals surface area contributed by atoms with Gasteiger partial charge in [-0.15, -0.1) is 0 Å². The van der Waals surface area contributed by atoms with Crippen molar-refractivity contribution in [2.75, 3.05) is 13.2 Å². The predicted molar refractivity (Wildman–Crippen MR) is 74.8 cm³/mol. The first-order valence-electron chi connectivity index (χ1n) is 5.99. The van der Waals surface area contributed by atoms with Gasteiger partial charge in [0.1, 0.15) is 6.61 Å². The van der Waals surface area contributed by atoms with Crippen LogP contribution in [0.3, 0.4) is 0 Å². The first kappa shape index (κ1) is 15.4. The van der Waals surface area contributed by atoms with Gasteiger partial charge in [-0.25, -0.2) is 18.4 Å². The van der Waals surface area contributed by atoms with E-state index in [0.29, 0.717) is 11.1 Å². The summed E-state index contributed by atoms with van der Waals surface area (Å²) in [6.45, 7) is 0.831. The highest BCUT2D eigenvalue weighted by Crippen LogP contribution is 2.22. The molecule has 0 spiro atoms. The summed E-state index contributed by atoms with van der Waals surface area (Å²) in [6, 6.07) is 3.95. The van der Waals surface area contributed by atoms with Crippen molar-refractivity contribution in [2.45, 2.75) is 23.8 Å². The van der Waals surface area contributed by atoms with E-state index in [1.54, 1.807) is 0 Å². The van der Waals surface area contributed by atoms with E-state index >= 15 is 0 Å². The zero-order chi connectivity index (χ0) is 14.8. The Labute approximate surface area is 125 Å². The van der Waals surface area contributed by atoms with Gasteiger partial charge in [0.15, 0.2) is 0 Å². The molecular formula is C12H14BrNO5S. The molecule has 1 aromatic carbocycles. The molecule has 1 fully saturated rings. The van der Waals surface area contributed by atoms with Gasteiger partial charge in [-0.1, -0.05) is 0 Å². The van der Waals surface area contributed by atoms with Crippen molar-refractivity contribution in [3.63, 3.8) is 0 Å². The molecule has 1 atom stereocenters. The van der Waals surface area contributed by atoms with Crippen molar-refractivity contribution in [1.29, 1.82) is 0 Å². The highest BCUT2D eigenvalue weighted by atomic mass is 79.9. The van der Waals surface area contributed by atoms with E-state index in [0.717, 1.165) is 12.8 Å². The molecule has 1 heterocycles. The largest absolute Gasteiger partial charge is 0.459 e. The normalized spacial score (nSPS) is 19.0. The summed E-state index contributed by atoms with van der Waals surface area (Å²) in [7, 11) is -3.86. The lowest BCUT2D eigenvalue weighted by Crippen LogP contribution is -2.19. The van der Waals surface area contributed by atoms with Crippen LogP contribution in [-0.2, 0) is 19.5 Å². The molecule has 1 unspecified atom stereocenters. The third-order valence-electron chi connectivity index (χ3n) is 2.91. The fraction of sp³-hybridized carbons (Fsp3) is 0.417. The van der Waals surface area contributed by atoms with E-state index in [4.69, 9.17) is 14.6 Å². The van der Waals surface area contributed by atoms with Crippen LogP contribution in [-0.4, -0.2) is 33.7 Å². The Balaban J connectivity index is 2.12. The molecule has 1 aliphatic rings. The number of carbonyl (C=O) groups excluding carboxylic acids is 1. The molecule has 1 aliphatic heterocycles. The molecule has 0 saturated carbocycles. The maximum Gasteiger partial charge on any atom is 0.339 e. The third-order valence-corrected chi connectivity index (χ3v) is 4.51. The van der Waals surface area contributed by atoms with Crippen molar-refractivity contribution in [1.82, 2.24) is 0 Å². The van der Waals surface area contributed by atoms with Crippen LogP contribution in [0.2, 0.25) is 0 Å². The molecule has 6 nitrogen and oxygen atoms in total. The molecule has 0 bridgehead atoms. The van der Waals surface area contributed by atoms with Gasteiger partial charge in [-0.2, -0.15) is 0 Å². The van der Waals surface area contributed by atoms with Crippen LogP contribution < -0.4 is 5.14 Å². The van der Waals surface area contributed by atoms with Crippen LogP contribution in [0.5, 0.6) is 0 Å². The number of carbonyl (C=O) groups is 1. The fourth-order valence-electron chi connectivity index (χ4n) is 1.86. The maximum atomic E-state index is 12.0. The van der Waals surface area contributed by atoms with Gasteiger partial charge in [0.25, 0.3) is 0 Å². The first-order chi connectivity index (χ1) is 9.38. The molecule has 0 radical (unpaired) electrons. The highest BCUT2D eigenvalue weighted by Gasteiger charge is 2.20. The summed E-state index contributed by atoms with van der Waals surface area (Å²) in [5, 5.41) is 5.03. The number of halogens is 1. The molecule has 2 rings (SSSR count). The van der Waals surface area contributed by atoms with E-state index in [-0.39, 0.29) is 23.2 Å². The number of hydrogen-bond acceptors (Lipinski definition) is 5. The van der Waals surface area contributed by atoms with Gasteiger partial charge >= 0.3 is 5.97 Å². The third kappa shape index (κ3) is 3.78. The summed E-state index contributed by atoms with van der Waals surface area (Å²) in [4.78, 5) is 11.8. The Morgan fingerprint density at radius 2 is 2.25 bits per heavy atom. The molecular weight excluding hydrogens is 350 g/mol. The molecule has 1 saturated heterocycles. The number of primary sulfonamides is 1. The lowest BCUT2D eigenvalue weighted by Gasteiger charge is -2.11. The van der Waals surface area contributed by atoms with Crippen molar-refractivity contribution in [3.05, 3.63) is 28.2 Å². The van der Waals surface area contributed by atoms with Crippen molar-refractivity contribution < 1.29 is 22.7 Å². The highest BCUT2D eigenvalue weighted by molar-refractivity contribution is 9.10. The maximum absolute atomic E-state index is 12.0. The second-order valence-electron chi connectivity index (χ2n) is 4.42. The summed E-state index contributed by atoms with van der Waals surface area (Å²) in [5.41, 5.74) is 0.120. The Kier molecular flexibility index (Phi) is 4.79. The van der Waals surface area contributed by atoms with Crippen LogP contribution in [0, 0.1) is 0 Å². The average Bonchev–Trinajstić information content (AvgIpc) is 2.88. The van der Waals surface area contributed by atoms with E-state index in [9.17, 15) is 13.2 Å². The molecule has 0 aromatic heterocycles. The summed E-state index contributed by atoms with van der Waals surface area (Å²) < 4.78 is 33.5. The summed E-state index contributed by atoms with van der Waals surface area (Å²) in [5.74, 6) is -0.613. The number of esters is 1. The number of sulfonamides is 1. The minimum Gasteiger partial charge on any atom is -0.459 e. The lowest BCUT2D eigenvalue weighted by atomic mass is 10.2. The first-order valence-corrected chi connectivity index (χ1v) is 8.33. The van der Waals surface area contributed by atoms with Gasteiger partial charge in [0.05, 0.1) is 16.6 Å². The monoisotopic (exact) mass is 363 g/mol.